The number of hydrogen-bond donors (Lipinski definition) is 1. The molecule has 33 heavy (non-hydrogen) atoms. The highest BCUT2D eigenvalue weighted by molar-refractivity contribution is 7.92. The van der Waals surface area contributed by atoms with E-state index in [2.05, 4.69) is 4.98 Å². The Morgan fingerprint density at radius 2 is 1.94 bits per heavy atom. The Morgan fingerprint density at radius 3 is 2.61 bits per heavy atom. The van der Waals surface area contributed by atoms with Crippen LogP contribution in [-0.4, -0.2) is 25.9 Å². The molecule has 0 unspecified atom stereocenters. The first-order valence-electron chi connectivity index (χ1n) is 10.2. The number of hydrogen-bond acceptors (Lipinski definition) is 7. The second-order valence-corrected chi connectivity index (χ2v) is 9.19. The standard InChI is InChI=1S/C23H18N4O5S/c24-12-15-4-11-23(25-13-15)32-20-3-1-2-18-19(20)9-10-21(18)31-17-7-5-16(6-8-17)27-14-22(28)26-33(27,29)30/h1-8,11,13,21H,9-10,14H2,(H,26,28)/t21-/m1/s1. The maximum Gasteiger partial charge on any atom is 0.326 e. The van der Waals surface area contributed by atoms with Crippen molar-refractivity contribution in [2.75, 3.05) is 10.8 Å². The van der Waals surface area contributed by atoms with Gasteiger partial charge in [-0.15, -0.1) is 0 Å². The quantitative estimate of drug-likeness (QED) is 0.619. The number of rotatable bonds is 5. The number of carbonyl (C=O) groups is 1. The van der Waals surface area contributed by atoms with Gasteiger partial charge in [0.1, 0.15) is 30.2 Å². The van der Waals surface area contributed by atoms with E-state index in [0.717, 1.165) is 28.3 Å². The molecule has 3 aromatic rings. The molecule has 10 heteroatoms. The first kappa shape index (κ1) is 20.8. The molecule has 0 spiro atoms. The number of nitrogens with zero attached hydrogens (tertiary/aromatic N) is 3. The van der Waals surface area contributed by atoms with E-state index < -0.39 is 16.1 Å². The van der Waals surface area contributed by atoms with Crippen LogP contribution in [0.4, 0.5) is 5.69 Å². The van der Waals surface area contributed by atoms with E-state index >= 15 is 0 Å². The number of amides is 1. The Bertz CT molecular complexity index is 1370. The van der Waals surface area contributed by atoms with Crippen LogP contribution >= 0.6 is 0 Å². The van der Waals surface area contributed by atoms with Gasteiger partial charge in [-0.1, -0.05) is 12.1 Å². The molecule has 1 aliphatic heterocycles. The lowest BCUT2D eigenvalue weighted by atomic mass is 10.1. The van der Waals surface area contributed by atoms with Crippen LogP contribution in [-0.2, 0) is 21.4 Å². The summed E-state index contributed by atoms with van der Waals surface area (Å²) in [5.74, 6) is 1.13. The molecule has 5 rings (SSSR count). The van der Waals surface area contributed by atoms with Crippen molar-refractivity contribution in [3.63, 3.8) is 0 Å². The van der Waals surface area contributed by atoms with Gasteiger partial charge in [-0.2, -0.15) is 13.7 Å². The highest BCUT2D eigenvalue weighted by atomic mass is 32.2. The molecule has 9 nitrogen and oxygen atoms in total. The number of nitrogens with one attached hydrogen (secondary N) is 1. The average Bonchev–Trinajstić information content (AvgIpc) is 3.34. The molecule has 1 atom stereocenters. The summed E-state index contributed by atoms with van der Waals surface area (Å²) in [5.41, 5.74) is 2.91. The van der Waals surface area contributed by atoms with Gasteiger partial charge < -0.3 is 9.47 Å². The lowest BCUT2D eigenvalue weighted by Crippen LogP contribution is -2.29. The van der Waals surface area contributed by atoms with Crippen molar-refractivity contribution >= 4 is 21.8 Å². The largest absolute Gasteiger partial charge is 0.486 e. The van der Waals surface area contributed by atoms with Crippen molar-refractivity contribution in [2.45, 2.75) is 18.9 Å². The summed E-state index contributed by atoms with van der Waals surface area (Å²) < 4.78 is 39.1. The summed E-state index contributed by atoms with van der Waals surface area (Å²) in [5, 5.41) is 8.91. The molecule has 2 aromatic carbocycles. The van der Waals surface area contributed by atoms with Crippen LogP contribution in [0, 0.1) is 11.3 Å². The molecule has 0 saturated carbocycles. The number of benzene rings is 2. The van der Waals surface area contributed by atoms with Crippen LogP contribution in [0.3, 0.4) is 0 Å². The van der Waals surface area contributed by atoms with E-state index in [4.69, 9.17) is 14.7 Å². The number of aromatic nitrogens is 1. The molecule has 166 valence electrons. The van der Waals surface area contributed by atoms with Gasteiger partial charge in [-0.25, -0.2) is 14.0 Å². The molecule has 0 radical (unpaired) electrons. The lowest BCUT2D eigenvalue weighted by Gasteiger charge is -2.18. The van der Waals surface area contributed by atoms with Crippen molar-refractivity contribution in [1.29, 1.82) is 5.26 Å². The first-order valence-corrected chi connectivity index (χ1v) is 11.6. The fourth-order valence-corrected chi connectivity index (χ4v) is 5.10. The van der Waals surface area contributed by atoms with Gasteiger partial charge in [-0.05, 0) is 54.8 Å². The predicted molar refractivity (Wildman–Crippen MR) is 118 cm³/mol. The topological polar surface area (TPSA) is 122 Å². The predicted octanol–water partition coefficient (Wildman–Crippen LogP) is 2.99. The van der Waals surface area contributed by atoms with E-state index in [0.29, 0.717) is 28.6 Å². The maximum absolute atomic E-state index is 12.0. The first-order chi connectivity index (χ1) is 15.9. The van der Waals surface area contributed by atoms with E-state index in [1.807, 2.05) is 29.0 Å². The fraction of sp³-hybridized carbons (Fsp3) is 0.174. The number of pyridine rings is 1. The van der Waals surface area contributed by atoms with Crippen molar-refractivity contribution < 1.29 is 22.7 Å². The summed E-state index contributed by atoms with van der Waals surface area (Å²) >= 11 is 0. The summed E-state index contributed by atoms with van der Waals surface area (Å²) in [6.07, 6.45) is 2.82. The van der Waals surface area contributed by atoms with Crippen molar-refractivity contribution in [1.82, 2.24) is 9.71 Å². The van der Waals surface area contributed by atoms with E-state index in [1.54, 1.807) is 36.4 Å². The van der Waals surface area contributed by atoms with Gasteiger partial charge in [0.2, 0.25) is 5.88 Å². The number of carbonyl (C=O) groups excluding carboxylic acids is 1. The Kier molecular flexibility index (Phi) is 5.11. The molecular weight excluding hydrogens is 444 g/mol. The van der Waals surface area contributed by atoms with Gasteiger partial charge in [0, 0.05) is 17.8 Å². The SMILES string of the molecule is N#Cc1ccc(Oc2cccc3c2CC[C@H]3Oc2ccc(N3CC(=O)NS3(=O)=O)cc2)nc1. The second kappa shape index (κ2) is 8.11. The van der Waals surface area contributed by atoms with Crippen LogP contribution in [0.25, 0.3) is 0 Å². The highest BCUT2D eigenvalue weighted by Gasteiger charge is 2.34. The van der Waals surface area contributed by atoms with Gasteiger partial charge in [0.25, 0.3) is 5.91 Å². The third-order valence-corrected chi connectivity index (χ3v) is 6.88. The minimum Gasteiger partial charge on any atom is -0.486 e. The number of nitriles is 1. The molecule has 1 saturated heterocycles. The van der Waals surface area contributed by atoms with E-state index in [9.17, 15) is 13.2 Å². The molecule has 1 amide bonds. The zero-order chi connectivity index (χ0) is 23.0. The zero-order valence-electron chi connectivity index (χ0n) is 17.3. The van der Waals surface area contributed by atoms with Crippen molar-refractivity contribution in [2.24, 2.45) is 0 Å². The summed E-state index contributed by atoms with van der Waals surface area (Å²) in [4.78, 5) is 15.6. The second-order valence-electron chi connectivity index (χ2n) is 7.60. The lowest BCUT2D eigenvalue weighted by molar-refractivity contribution is -0.117. The summed E-state index contributed by atoms with van der Waals surface area (Å²) in [7, 11) is -3.84. The molecular formula is C23H18N4O5S. The van der Waals surface area contributed by atoms with Crippen molar-refractivity contribution in [3.05, 3.63) is 77.5 Å². The molecule has 1 aromatic heterocycles. The normalized spacial score (nSPS) is 18.3. The van der Waals surface area contributed by atoms with E-state index in [1.165, 1.54) is 6.20 Å². The van der Waals surface area contributed by atoms with Gasteiger partial charge in [0.05, 0.1) is 11.3 Å². The van der Waals surface area contributed by atoms with Crippen molar-refractivity contribution in [3.8, 4) is 23.4 Å². The van der Waals surface area contributed by atoms with Crippen LogP contribution < -0.4 is 18.5 Å². The molecule has 1 fully saturated rings. The van der Waals surface area contributed by atoms with Crippen LogP contribution in [0.15, 0.2) is 60.8 Å². The fourth-order valence-electron chi connectivity index (χ4n) is 3.95. The van der Waals surface area contributed by atoms with Crippen LogP contribution in [0.2, 0.25) is 0 Å². The molecule has 2 aliphatic rings. The molecule has 0 bridgehead atoms. The minimum absolute atomic E-state index is 0.179. The molecule has 1 N–H and O–H groups in total. The number of anilines is 1. The number of ether oxygens (including phenoxy) is 2. The molecule has 2 heterocycles. The summed E-state index contributed by atoms with van der Waals surface area (Å²) in [6.45, 7) is -0.241. The van der Waals surface area contributed by atoms with Gasteiger partial charge in [0.15, 0.2) is 0 Å². The summed E-state index contributed by atoms with van der Waals surface area (Å²) in [6, 6.07) is 17.7. The Balaban J connectivity index is 1.31. The Labute approximate surface area is 190 Å². The third kappa shape index (κ3) is 4.06. The van der Waals surface area contributed by atoms with E-state index in [-0.39, 0.29) is 12.6 Å². The smallest absolute Gasteiger partial charge is 0.326 e. The maximum atomic E-state index is 12.0. The Hall–Kier alpha value is -4.10. The number of fused-ring (bicyclic) bond motifs is 1. The van der Waals surface area contributed by atoms with Crippen LogP contribution in [0.5, 0.6) is 17.4 Å². The van der Waals surface area contributed by atoms with Gasteiger partial charge >= 0.3 is 10.2 Å². The average molecular weight is 462 g/mol. The van der Waals surface area contributed by atoms with Gasteiger partial charge in [-0.3, -0.25) is 4.79 Å². The third-order valence-electron chi connectivity index (χ3n) is 5.48. The monoisotopic (exact) mass is 462 g/mol. The Morgan fingerprint density at radius 1 is 1.12 bits per heavy atom. The van der Waals surface area contributed by atoms with Crippen LogP contribution in [0.1, 0.15) is 29.2 Å². The highest BCUT2D eigenvalue weighted by Crippen LogP contribution is 2.41. The minimum atomic E-state index is -3.84. The molecule has 1 aliphatic carbocycles. The zero-order valence-corrected chi connectivity index (χ0v) is 18.1.